The summed E-state index contributed by atoms with van der Waals surface area (Å²) in [7, 11) is 0. The third-order valence-electron chi connectivity index (χ3n) is 4.79. The largest absolute Gasteiger partial charge is 0.465 e. The molecule has 0 saturated carbocycles. The summed E-state index contributed by atoms with van der Waals surface area (Å²) < 4.78 is 45.6. The molecule has 0 bridgehead atoms. The molecule has 3 rings (SSSR count). The number of esters is 1. The molecule has 1 aromatic heterocycles. The number of benzene rings is 1. The van der Waals surface area contributed by atoms with Crippen LogP contribution in [0.3, 0.4) is 0 Å². The van der Waals surface area contributed by atoms with Gasteiger partial charge in [0.05, 0.1) is 29.6 Å². The molecular weight excluding hydrogens is 403 g/mol. The number of ether oxygens (including phenoxy) is 1. The second-order valence-electron chi connectivity index (χ2n) is 6.67. The van der Waals surface area contributed by atoms with Crippen LogP contribution in [0.25, 0.3) is 11.1 Å². The summed E-state index contributed by atoms with van der Waals surface area (Å²) in [4.78, 5) is 30.3. The topological polar surface area (TPSA) is 83.0 Å². The van der Waals surface area contributed by atoms with E-state index in [1.165, 1.54) is 17.3 Å². The normalized spacial score (nSPS) is 14.5. The molecule has 160 valence electrons. The van der Waals surface area contributed by atoms with Gasteiger partial charge in [0.15, 0.2) is 0 Å². The Kier molecular flexibility index (Phi) is 6.14. The molecule has 0 radical (unpaired) electrons. The molecule has 1 aliphatic heterocycles. The molecule has 2 heterocycles. The van der Waals surface area contributed by atoms with Gasteiger partial charge in [-0.1, -0.05) is 0 Å². The number of amides is 1. The summed E-state index contributed by atoms with van der Waals surface area (Å²) in [5.74, 6) is -0.707. The Bertz CT molecular complexity index is 941. The lowest BCUT2D eigenvalue weighted by Gasteiger charge is -2.34. The summed E-state index contributed by atoms with van der Waals surface area (Å²) in [5.41, 5.74) is -0.268. The van der Waals surface area contributed by atoms with Crippen LogP contribution in [0.4, 0.5) is 23.7 Å². The Morgan fingerprint density at radius 2 is 1.83 bits per heavy atom. The van der Waals surface area contributed by atoms with E-state index in [9.17, 15) is 22.8 Å². The van der Waals surface area contributed by atoms with E-state index in [-0.39, 0.29) is 36.4 Å². The maximum atomic E-state index is 13.6. The average Bonchev–Trinajstić information content (AvgIpc) is 2.73. The van der Waals surface area contributed by atoms with Crippen LogP contribution in [-0.2, 0) is 10.9 Å². The van der Waals surface area contributed by atoms with Crippen LogP contribution in [0.5, 0.6) is 0 Å². The van der Waals surface area contributed by atoms with E-state index in [0.717, 1.165) is 18.2 Å². The first-order valence-corrected chi connectivity index (χ1v) is 9.27. The van der Waals surface area contributed by atoms with Crippen molar-refractivity contribution in [3.05, 3.63) is 47.8 Å². The first kappa shape index (κ1) is 21.4. The van der Waals surface area contributed by atoms with E-state index in [1.807, 2.05) is 4.90 Å². The Balaban J connectivity index is 1.96. The number of hydrogen-bond donors (Lipinski definition) is 1. The fraction of sp³-hybridized carbons (Fsp3) is 0.350. The van der Waals surface area contributed by atoms with Gasteiger partial charge in [-0.25, -0.2) is 9.59 Å². The molecule has 1 saturated heterocycles. The van der Waals surface area contributed by atoms with Gasteiger partial charge in [0.1, 0.15) is 0 Å². The SMILES string of the molecule is CCOC(=O)c1ccc(C(F)(F)F)c(-c2cncc(N3CCN(C(=O)O)CC3)c2)c1. The number of alkyl halides is 3. The molecule has 1 aliphatic rings. The summed E-state index contributed by atoms with van der Waals surface area (Å²) in [5, 5.41) is 9.05. The number of carbonyl (C=O) groups excluding carboxylic acids is 1. The number of piperazine rings is 1. The lowest BCUT2D eigenvalue weighted by Crippen LogP contribution is -2.48. The van der Waals surface area contributed by atoms with Gasteiger partial charge in [-0.15, -0.1) is 0 Å². The highest BCUT2D eigenvalue weighted by molar-refractivity contribution is 5.91. The van der Waals surface area contributed by atoms with Gasteiger partial charge in [0.2, 0.25) is 0 Å². The van der Waals surface area contributed by atoms with E-state index in [1.54, 1.807) is 13.0 Å². The van der Waals surface area contributed by atoms with Crippen molar-refractivity contribution in [2.45, 2.75) is 13.1 Å². The molecule has 0 aliphatic carbocycles. The summed E-state index contributed by atoms with van der Waals surface area (Å²) in [6.45, 7) is 3.07. The summed E-state index contributed by atoms with van der Waals surface area (Å²) >= 11 is 0. The first-order chi connectivity index (χ1) is 14.2. The zero-order chi connectivity index (χ0) is 21.9. The predicted octanol–water partition coefficient (Wildman–Crippen LogP) is 3.74. The zero-order valence-corrected chi connectivity index (χ0v) is 16.1. The number of anilines is 1. The van der Waals surface area contributed by atoms with E-state index in [4.69, 9.17) is 9.84 Å². The number of halogens is 3. The highest BCUT2D eigenvalue weighted by atomic mass is 19.4. The molecule has 1 fully saturated rings. The van der Waals surface area contributed by atoms with Gasteiger partial charge in [-0.05, 0) is 36.8 Å². The van der Waals surface area contributed by atoms with Crippen LogP contribution in [0, 0.1) is 0 Å². The molecule has 0 unspecified atom stereocenters. The number of hydrogen-bond acceptors (Lipinski definition) is 5. The van der Waals surface area contributed by atoms with Gasteiger partial charge >= 0.3 is 18.2 Å². The number of rotatable bonds is 4. The second-order valence-corrected chi connectivity index (χ2v) is 6.67. The molecule has 7 nitrogen and oxygen atoms in total. The van der Waals surface area contributed by atoms with Gasteiger partial charge in [0, 0.05) is 37.9 Å². The molecule has 1 aromatic carbocycles. The fourth-order valence-electron chi connectivity index (χ4n) is 3.28. The van der Waals surface area contributed by atoms with Crippen LogP contribution in [-0.4, -0.2) is 59.8 Å². The van der Waals surface area contributed by atoms with Crippen LogP contribution in [0.2, 0.25) is 0 Å². The fourth-order valence-corrected chi connectivity index (χ4v) is 3.28. The molecule has 0 spiro atoms. The van der Waals surface area contributed by atoms with Crippen molar-refractivity contribution in [1.29, 1.82) is 0 Å². The van der Waals surface area contributed by atoms with Gasteiger partial charge in [0.25, 0.3) is 0 Å². The summed E-state index contributed by atoms with van der Waals surface area (Å²) in [6, 6.07) is 4.67. The van der Waals surface area contributed by atoms with Crippen molar-refractivity contribution in [1.82, 2.24) is 9.88 Å². The van der Waals surface area contributed by atoms with Crippen molar-refractivity contribution in [2.75, 3.05) is 37.7 Å². The zero-order valence-electron chi connectivity index (χ0n) is 16.1. The monoisotopic (exact) mass is 423 g/mol. The van der Waals surface area contributed by atoms with Gasteiger partial charge < -0.3 is 19.6 Å². The highest BCUT2D eigenvalue weighted by Gasteiger charge is 2.34. The Morgan fingerprint density at radius 3 is 2.43 bits per heavy atom. The maximum Gasteiger partial charge on any atom is 0.417 e. The Labute approximate surface area is 170 Å². The number of carboxylic acid groups (broad SMARTS) is 1. The lowest BCUT2D eigenvalue weighted by molar-refractivity contribution is -0.137. The van der Waals surface area contributed by atoms with E-state index >= 15 is 0 Å². The van der Waals surface area contributed by atoms with Crippen molar-refractivity contribution >= 4 is 17.7 Å². The minimum atomic E-state index is -4.62. The number of pyridine rings is 1. The molecule has 30 heavy (non-hydrogen) atoms. The third kappa shape index (κ3) is 4.64. The molecule has 1 amide bonds. The van der Waals surface area contributed by atoms with Crippen molar-refractivity contribution in [2.24, 2.45) is 0 Å². The van der Waals surface area contributed by atoms with Crippen LogP contribution >= 0.6 is 0 Å². The smallest absolute Gasteiger partial charge is 0.417 e. The standard InChI is InChI=1S/C20H20F3N3O4/c1-2-30-18(27)13-3-4-17(20(21,22)23)16(10-13)14-9-15(12-24-11-14)25-5-7-26(8-6-25)19(28)29/h3-4,9-12H,2,5-8H2,1H3,(H,28,29). The van der Waals surface area contributed by atoms with Crippen LogP contribution in [0.15, 0.2) is 36.7 Å². The number of aromatic nitrogens is 1. The van der Waals surface area contributed by atoms with E-state index in [0.29, 0.717) is 18.8 Å². The maximum absolute atomic E-state index is 13.6. The molecular formula is C20H20F3N3O4. The van der Waals surface area contributed by atoms with Crippen LogP contribution < -0.4 is 4.90 Å². The van der Waals surface area contributed by atoms with E-state index in [2.05, 4.69) is 4.98 Å². The van der Waals surface area contributed by atoms with E-state index < -0.39 is 23.8 Å². The molecule has 10 heteroatoms. The molecule has 0 atom stereocenters. The number of carbonyl (C=O) groups is 2. The second kappa shape index (κ2) is 8.60. The van der Waals surface area contributed by atoms with Gasteiger partial charge in [-0.3, -0.25) is 4.98 Å². The number of nitrogens with zero attached hydrogens (tertiary/aromatic N) is 3. The Hall–Kier alpha value is -3.30. The first-order valence-electron chi connectivity index (χ1n) is 9.27. The molecule has 1 N–H and O–H groups in total. The van der Waals surface area contributed by atoms with Crippen molar-refractivity contribution < 1.29 is 32.6 Å². The summed E-state index contributed by atoms with van der Waals surface area (Å²) in [6.07, 6.45) is -2.81. The van der Waals surface area contributed by atoms with Crippen molar-refractivity contribution in [3.63, 3.8) is 0 Å². The average molecular weight is 423 g/mol. The lowest BCUT2D eigenvalue weighted by atomic mass is 9.97. The van der Waals surface area contributed by atoms with Gasteiger partial charge in [-0.2, -0.15) is 13.2 Å². The van der Waals surface area contributed by atoms with Crippen LogP contribution in [0.1, 0.15) is 22.8 Å². The minimum absolute atomic E-state index is 0.0142. The quantitative estimate of drug-likeness (QED) is 0.755. The van der Waals surface area contributed by atoms with Crippen molar-refractivity contribution in [3.8, 4) is 11.1 Å². The molecule has 2 aromatic rings. The third-order valence-corrected chi connectivity index (χ3v) is 4.79. The highest BCUT2D eigenvalue weighted by Crippen LogP contribution is 2.38. The minimum Gasteiger partial charge on any atom is -0.465 e. The Morgan fingerprint density at radius 1 is 1.13 bits per heavy atom. The predicted molar refractivity (Wildman–Crippen MR) is 102 cm³/mol.